The lowest BCUT2D eigenvalue weighted by Crippen LogP contribution is -2.20. The van der Waals surface area contributed by atoms with Gasteiger partial charge in [-0.05, 0) is 12.1 Å². The number of para-hydroxylation sites is 1. The second kappa shape index (κ2) is 7.06. The normalized spacial score (nSPS) is 11.3. The van der Waals surface area contributed by atoms with E-state index >= 15 is 0 Å². The number of nitrogens with one attached hydrogen (secondary N) is 1. The van der Waals surface area contributed by atoms with E-state index in [1.807, 2.05) is 0 Å². The van der Waals surface area contributed by atoms with E-state index in [-0.39, 0.29) is 5.56 Å². The van der Waals surface area contributed by atoms with E-state index in [1.54, 1.807) is 43.3 Å². The van der Waals surface area contributed by atoms with Gasteiger partial charge in [0, 0.05) is 20.2 Å². The van der Waals surface area contributed by atoms with Crippen molar-refractivity contribution >= 4 is 29.0 Å². The molecule has 0 amide bonds. The molecule has 0 fully saturated rings. The third-order valence-corrected chi connectivity index (χ3v) is 4.19. The first kappa shape index (κ1) is 18.4. The number of benzene rings is 2. The summed E-state index contributed by atoms with van der Waals surface area (Å²) >= 11 is 0. The first-order chi connectivity index (χ1) is 12.9. The van der Waals surface area contributed by atoms with Crippen molar-refractivity contribution < 1.29 is 28.5 Å². The Balaban J connectivity index is 2.27. The predicted molar refractivity (Wildman–Crippen MR) is 99.8 cm³/mol. The van der Waals surface area contributed by atoms with Gasteiger partial charge in [-0.3, -0.25) is 0 Å². The first-order valence-corrected chi connectivity index (χ1v) is 8.09. The Labute approximate surface area is 156 Å². The molecule has 0 saturated heterocycles. The second-order valence-electron chi connectivity index (χ2n) is 5.96. The molecule has 0 unspecified atom stereocenters. The van der Waals surface area contributed by atoms with Crippen molar-refractivity contribution in [2.75, 3.05) is 45.6 Å². The van der Waals surface area contributed by atoms with Crippen LogP contribution in [0.3, 0.4) is 0 Å². The summed E-state index contributed by atoms with van der Waals surface area (Å²) < 4.78 is 21.2. The van der Waals surface area contributed by atoms with Crippen LogP contribution in [0.5, 0.6) is 17.2 Å². The van der Waals surface area contributed by atoms with Crippen LogP contribution < -0.4 is 19.7 Å². The van der Waals surface area contributed by atoms with Crippen molar-refractivity contribution in [3.63, 3.8) is 0 Å². The highest BCUT2D eigenvalue weighted by Crippen LogP contribution is 2.50. The minimum absolute atomic E-state index is 0.238. The zero-order valence-corrected chi connectivity index (χ0v) is 15.7. The number of carbonyl (C=O) groups is 2. The van der Waals surface area contributed by atoms with Crippen LogP contribution in [0.4, 0.5) is 17.1 Å². The van der Waals surface area contributed by atoms with Crippen LogP contribution in [0.15, 0.2) is 24.3 Å². The fourth-order valence-electron chi connectivity index (χ4n) is 3.00. The quantitative estimate of drug-likeness (QED) is 0.699. The third-order valence-electron chi connectivity index (χ3n) is 4.19. The number of hydrogen-bond acceptors (Lipinski definition) is 8. The molecule has 1 heterocycles. The van der Waals surface area contributed by atoms with Gasteiger partial charge in [-0.2, -0.15) is 0 Å². The van der Waals surface area contributed by atoms with Gasteiger partial charge >= 0.3 is 11.9 Å². The number of carbonyl (C=O) groups excluding carboxylic acids is 2. The summed E-state index contributed by atoms with van der Waals surface area (Å²) in [6.45, 7) is 0. The summed E-state index contributed by atoms with van der Waals surface area (Å²) in [5.41, 5.74) is 1.85. The number of anilines is 3. The number of methoxy groups -OCH3 is 3. The Morgan fingerprint density at radius 2 is 1.70 bits per heavy atom. The first-order valence-electron chi connectivity index (χ1n) is 8.09. The molecular formula is C19H20N2O6. The molecule has 142 valence electrons. The minimum Gasteiger partial charge on any atom is -0.494 e. The molecule has 0 saturated carbocycles. The van der Waals surface area contributed by atoms with Gasteiger partial charge in [0.15, 0.2) is 11.5 Å². The van der Waals surface area contributed by atoms with Crippen LogP contribution in [0.1, 0.15) is 20.7 Å². The minimum atomic E-state index is -0.566. The molecule has 0 aromatic heterocycles. The van der Waals surface area contributed by atoms with Crippen molar-refractivity contribution in [2.45, 2.75) is 0 Å². The zero-order chi connectivity index (χ0) is 19.7. The zero-order valence-electron chi connectivity index (χ0n) is 15.7. The molecule has 27 heavy (non-hydrogen) atoms. The third kappa shape index (κ3) is 2.99. The van der Waals surface area contributed by atoms with Crippen molar-refractivity contribution in [2.24, 2.45) is 0 Å². The number of ether oxygens (including phenoxy) is 4. The van der Waals surface area contributed by atoms with Crippen molar-refractivity contribution in [3.8, 4) is 17.2 Å². The molecule has 2 aromatic rings. The van der Waals surface area contributed by atoms with Gasteiger partial charge in [0.2, 0.25) is 0 Å². The molecule has 8 nitrogen and oxygen atoms in total. The van der Waals surface area contributed by atoms with Gasteiger partial charge in [-0.1, -0.05) is 6.07 Å². The average Bonchev–Trinajstić information content (AvgIpc) is 2.68. The molecule has 0 radical (unpaired) electrons. The SMILES string of the molecule is COC(=O)c1cccc2c1Nc1c(cc(OC)c(N(C)C)c1C(=O)OC)O2. The number of fused-ring (bicyclic) bond motifs is 2. The average molecular weight is 372 g/mol. The van der Waals surface area contributed by atoms with Gasteiger partial charge in [-0.15, -0.1) is 0 Å². The molecule has 1 N–H and O–H groups in total. The van der Waals surface area contributed by atoms with E-state index in [4.69, 9.17) is 18.9 Å². The number of hydrogen-bond donors (Lipinski definition) is 1. The maximum absolute atomic E-state index is 12.6. The summed E-state index contributed by atoms with van der Waals surface area (Å²) in [7, 11) is 7.68. The Bertz CT molecular complexity index is 923. The van der Waals surface area contributed by atoms with E-state index in [2.05, 4.69) is 5.32 Å². The van der Waals surface area contributed by atoms with Gasteiger partial charge in [0.05, 0.1) is 44.0 Å². The number of esters is 2. The number of nitrogens with zero attached hydrogens (tertiary/aromatic N) is 1. The van der Waals surface area contributed by atoms with Gasteiger partial charge in [0.25, 0.3) is 0 Å². The Hall–Kier alpha value is -3.42. The molecule has 0 atom stereocenters. The summed E-state index contributed by atoms with van der Waals surface area (Å²) in [4.78, 5) is 26.4. The second-order valence-corrected chi connectivity index (χ2v) is 5.96. The highest BCUT2D eigenvalue weighted by Gasteiger charge is 2.32. The maximum Gasteiger partial charge on any atom is 0.342 e. The highest BCUT2D eigenvalue weighted by atomic mass is 16.5. The van der Waals surface area contributed by atoms with Crippen LogP contribution in [0.25, 0.3) is 0 Å². The van der Waals surface area contributed by atoms with Crippen LogP contribution in [0.2, 0.25) is 0 Å². The predicted octanol–water partition coefficient (Wildman–Crippen LogP) is 3.18. The van der Waals surface area contributed by atoms with Crippen LogP contribution in [-0.2, 0) is 9.47 Å². The summed E-state index contributed by atoms with van der Waals surface area (Å²) in [5, 5.41) is 3.15. The largest absolute Gasteiger partial charge is 0.494 e. The Morgan fingerprint density at radius 1 is 1.00 bits per heavy atom. The Kier molecular flexibility index (Phi) is 4.81. The van der Waals surface area contributed by atoms with E-state index < -0.39 is 11.9 Å². The van der Waals surface area contributed by atoms with E-state index in [0.29, 0.717) is 39.9 Å². The van der Waals surface area contributed by atoms with Gasteiger partial charge in [-0.25, -0.2) is 9.59 Å². The lowest BCUT2D eigenvalue weighted by molar-refractivity contribution is 0.0594. The van der Waals surface area contributed by atoms with Gasteiger partial charge < -0.3 is 29.2 Å². The van der Waals surface area contributed by atoms with Crippen LogP contribution >= 0.6 is 0 Å². The van der Waals surface area contributed by atoms with Crippen LogP contribution in [0, 0.1) is 0 Å². The molecule has 8 heteroatoms. The molecule has 1 aliphatic heterocycles. The van der Waals surface area contributed by atoms with E-state index in [0.717, 1.165) is 0 Å². The standard InChI is InChI=1S/C19H20N2O6/c1-21(2)17-13(24-3)9-12-16(14(17)19(23)26-5)20-15-10(18(22)25-4)7-6-8-11(15)27-12/h6-9,20H,1-5H3. The van der Waals surface area contributed by atoms with Gasteiger partial charge in [0.1, 0.15) is 11.3 Å². The topological polar surface area (TPSA) is 86.3 Å². The van der Waals surface area contributed by atoms with Crippen molar-refractivity contribution in [1.29, 1.82) is 0 Å². The van der Waals surface area contributed by atoms with Crippen LogP contribution in [-0.4, -0.2) is 47.4 Å². The molecule has 2 aromatic carbocycles. The van der Waals surface area contributed by atoms with Crippen molar-refractivity contribution in [1.82, 2.24) is 0 Å². The molecule has 3 rings (SSSR count). The van der Waals surface area contributed by atoms with Crippen molar-refractivity contribution in [3.05, 3.63) is 35.4 Å². The van der Waals surface area contributed by atoms with E-state index in [1.165, 1.54) is 21.3 Å². The molecule has 1 aliphatic rings. The fraction of sp³-hybridized carbons (Fsp3) is 0.263. The monoisotopic (exact) mass is 372 g/mol. The summed E-state index contributed by atoms with van der Waals surface area (Å²) in [6.07, 6.45) is 0. The molecular weight excluding hydrogens is 352 g/mol. The summed E-state index contributed by atoms with van der Waals surface area (Å²) in [5.74, 6) is 0.179. The summed E-state index contributed by atoms with van der Waals surface area (Å²) in [6, 6.07) is 6.68. The van der Waals surface area contributed by atoms with E-state index in [9.17, 15) is 9.59 Å². The molecule has 0 spiro atoms. The smallest absolute Gasteiger partial charge is 0.342 e. The lowest BCUT2D eigenvalue weighted by atomic mass is 10.0. The number of rotatable bonds is 4. The molecule has 0 bridgehead atoms. The highest BCUT2D eigenvalue weighted by molar-refractivity contribution is 6.08. The lowest BCUT2D eigenvalue weighted by Gasteiger charge is -2.28. The Morgan fingerprint density at radius 3 is 2.30 bits per heavy atom. The maximum atomic E-state index is 12.6. The fourth-order valence-corrected chi connectivity index (χ4v) is 3.00. The molecule has 0 aliphatic carbocycles.